The van der Waals surface area contributed by atoms with E-state index in [0.717, 1.165) is 27.4 Å². The first-order valence-corrected chi connectivity index (χ1v) is 5.93. The Kier molecular flexibility index (Phi) is 1.84. The number of hydrogen-bond donors (Lipinski definition) is 0. The summed E-state index contributed by atoms with van der Waals surface area (Å²) in [6, 6.07) is 18.2. The minimum atomic E-state index is 0.766. The summed E-state index contributed by atoms with van der Waals surface area (Å²) in [4.78, 5) is 0. The van der Waals surface area contributed by atoms with Crippen molar-refractivity contribution >= 4 is 46.0 Å². The van der Waals surface area contributed by atoms with Gasteiger partial charge in [-0.25, -0.2) is 0 Å². The van der Waals surface area contributed by atoms with Crippen LogP contribution in [0.5, 0.6) is 0 Å². The van der Waals surface area contributed by atoms with Gasteiger partial charge in [-0.2, -0.15) is 0 Å². The zero-order chi connectivity index (χ0) is 12.1. The van der Waals surface area contributed by atoms with Crippen molar-refractivity contribution in [2.75, 3.05) is 0 Å². The van der Waals surface area contributed by atoms with Crippen LogP contribution in [0.3, 0.4) is 0 Å². The summed E-state index contributed by atoms with van der Waals surface area (Å²) in [6.07, 6.45) is 0. The normalized spacial score (nSPS) is 11.6. The summed E-state index contributed by atoms with van der Waals surface area (Å²) < 4.78 is 5.86. The molecule has 1 heterocycles. The highest BCUT2D eigenvalue weighted by Gasteiger charge is 2.10. The number of benzene rings is 3. The third kappa shape index (κ3) is 1.18. The molecule has 2 heteroatoms. The Morgan fingerprint density at radius 1 is 0.722 bits per heavy atom. The van der Waals surface area contributed by atoms with E-state index in [1.807, 2.05) is 36.4 Å². The molecule has 0 aliphatic rings. The molecule has 1 nitrogen and oxygen atoms in total. The first kappa shape index (κ1) is 9.78. The average molecular weight is 228 g/mol. The summed E-state index contributed by atoms with van der Waals surface area (Å²) >= 11 is 0. The highest BCUT2D eigenvalue weighted by molar-refractivity contribution is 6.42. The van der Waals surface area contributed by atoms with Gasteiger partial charge in [-0.05, 0) is 22.9 Å². The monoisotopic (exact) mass is 228 g/mol. The molecule has 0 amide bonds. The second kappa shape index (κ2) is 3.39. The van der Waals surface area contributed by atoms with Gasteiger partial charge in [-0.3, -0.25) is 0 Å². The predicted octanol–water partition coefficient (Wildman–Crippen LogP) is 3.53. The molecule has 0 unspecified atom stereocenters. The fourth-order valence-corrected chi connectivity index (χ4v) is 2.61. The van der Waals surface area contributed by atoms with Crippen molar-refractivity contribution in [3.8, 4) is 0 Å². The van der Waals surface area contributed by atoms with Crippen LogP contribution in [-0.2, 0) is 0 Å². The molecule has 4 rings (SSSR count). The lowest BCUT2D eigenvalue weighted by Crippen LogP contribution is -2.01. The molecule has 0 saturated carbocycles. The van der Waals surface area contributed by atoms with Gasteiger partial charge in [0, 0.05) is 10.8 Å². The quantitative estimate of drug-likeness (QED) is 0.419. The summed E-state index contributed by atoms with van der Waals surface area (Å²) in [7, 11) is 6.10. The fraction of sp³-hybridized carbons (Fsp3) is 0. The summed E-state index contributed by atoms with van der Waals surface area (Å²) in [6.45, 7) is 0. The molecule has 0 aliphatic heterocycles. The van der Waals surface area contributed by atoms with Gasteiger partial charge in [0.15, 0.2) is 0 Å². The Balaban J connectivity index is 2.40. The second-order valence-electron chi connectivity index (χ2n) is 4.48. The van der Waals surface area contributed by atoms with E-state index in [4.69, 9.17) is 12.3 Å². The smallest absolute Gasteiger partial charge is 0.136 e. The van der Waals surface area contributed by atoms with Crippen molar-refractivity contribution in [1.82, 2.24) is 0 Å². The van der Waals surface area contributed by atoms with Gasteiger partial charge in [0.1, 0.15) is 19.0 Å². The van der Waals surface area contributed by atoms with Crippen LogP contribution in [-0.4, -0.2) is 7.85 Å². The zero-order valence-corrected chi connectivity index (χ0v) is 9.68. The maximum Gasteiger partial charge on any atom is 0.136 e. The Labute approximate surface area is 105 Å². The molecule has 0 aliphatic carbocycles. The van der Waals surface area contributed by atoms with E-state index in [2.05, 4.69) is 18.2 Å². The highest BCUT2D eigenvalue weighted by Crippen LogP contribution is 2.33. The Morgan fingerprint density at radius 2 is 1.56 bits per heavy atom. The van der Waals surface area contributed by atoms with E-state index >= 15 is 0 Å². The van der Waals surface area contributed by atoms with Gasteiger partial charge >= 0.3 is 0 Å². The number of rotatable bonds is 0. The Morgan fingerprint density at radius 3 is 2.50 bits per heavy atom. The van der Waals surface area contributed by atoms with Gasteiger partial charge in [-0.15, -0.1) is 0 Å². The molecule has 18 heavy (non-hydrogen) atoms. The molecule has 0 saturated heterocycles. The molecule has 0 spiro atoms. The van der Waals surface area contributed by atoms with E-state index in [-0.39, 0.29) is 0 Å². The lowest BCUT2D eigenvalue weighted by molar-refractivity contribution is 0.669. The van der Waals surface area contributed by atoms with E-state index in [0.29, 0.717) is 0 Å². The van der Waals surface area contributed by atoms with Gasteiger partial charge < -0.3 is 4.42 Å². The van der Waals surface area contributed by atoms with Crippen LogP contribution in [0.15, 0.2) is 59.0 Å². The summed E-state index contributed by atoms with van der Waals surface area (Å²) in [5.41, 5.74) is 2.51. The van der Waals surface area contributed by atoms with Crippen molar-refractivity contribution in [1.29, 1.82) is 0 Å². The maximum absolute atomic E-state index is 6.10. The van der Waals surface area contributed by atoms with E-state index in [1.165, 1.54) is 10.8 Å². The van der Waals surface area contributed by atoms with Gasteiger partial charge in [0.25, 0.3) is 0 Å². The molecule has 0 N–H and O–H groups in total. The van der Waals surface area contributed by atoms with Crippen LogP contribution in [0.4, 0.5) is 0 Å². The largest absolute Gasteiger partial charge is 0.456 e. The number of furan rings is 1. The van der Waals surface area contributed by atoms with Crippen LogP contribution >= 0.6 is 0 Å². The highest BCUT2D eigenvalue weighted by atomic mass is 16.3. The third-order valence-corrected chi connectivity index (χ3v) is 3.42. The van der Waals surface area contributed by atoms with Gasteiger partial charge in [0.05, 0.1) is 0 Å². The van der Waals surface area contributed by atoms with Gasteiger partial charge in [0.2, 0.25) is 0 Å². The van der Waals surface area contributed by atoms with Crippen LogP contribution in [0.1, 0.15) is 0 Å². The first-order valence-electron chi connectivity index (χ1n) is 5.93. The van der Waals surface area contributed by atoms with Crippen LogP contribution < -0.4 is 5.46 Å². The lowest BCUT2D eigenvalue weighted by Gasteiger charge is -2.00. The molecule has 0 bridgehead atoms. The molecule has 3 aromatic carbocycles. The van der Waals surface area contributed by atoms with E-state index in [9.17, 15) is 0 Å². The van der Waals surface area contributed by atoms with Gasteiger partial charge in [-0.1, -0.05) is 47.9 Å². The molecular weight excluding hydrogens is 219 g/mol. The van der Waals surface area contributed by atoms with E-state index < -0.39 is 0 Å². The molecule has 1 aromatic heterocycles. The topological polar surface area (TPSA) is 13.1 Å². The summed E-state index contributed by atoms with van der Waals surface area (Å²) in [5.74, 6) is 0. The third-order valence-electron chi connectivity index (χ3n) is 3.42. The average Bonchev–Trinajstić information content (AvgIpc) is 2.79. The SMILES string of the molecule is [B]c1cccc2oc3ccc4ccccc4c3c12. The fourth-order valence-electron chi connectivity index (χ4n) is 2.61. The minimum absolute atomic E-state index is 0.766. The zero-order valence-electron chi connectivity index (χ0n) is 9.68. The Bertz CT molecular complexity index is 889. The van der Waals surface area contributed by atoms with Crippen LogP contribution in [0.2, 0.25) is 0 Å². The van der Waals surface area contributed by atoms with Crippen molar-refractivity contribution in [3.63, 3.8) is 0 Å². The standard InChI is InChI=1S/C16H9BO/c17-12-6-3-7-13-16(12)15-11-5-2-1-4-10(11)8-9-14(15)18-13/h1-9H. The molecule has 0 atom stereocenters. The van der Waals surface area contributed by atoms with E-state index in [1.54, 1.807) is 0 Å². The molecule has 2 radical (unpaired) electrons. The van der Waals surface area contributed by atoms with Crippen molar-refractivity contribution in [3.05, 3.63) is 54.6 Å². The second-order valence-corrected chi connectivity index (χ2v) is 4.48. The van der Waals surface area contributed by atoms with Crippen molar-refractivity contribution in [2.45, 2.75) is 0 Å². The first-order chi connectivity index (χ1) is 8.84. The predicted molar refractivity (Wildman–Crippen MR) is 76.6 cm³/mol. The Hall–Kier alpha value is -2.22. The van der Waals surface area contributed by atoms with Crippen molar-refractivity contribution in [2.24, 2.45) is 0 Å². The van der Waals surface area contributed by atoms with Crippen molar-refractivity contribution < 1.29 is 4.42 Å². The lowest BCUT2D eigenvalue weighted by atomic mass is 9.90. The number of hydrogen-bond acceptors (Lipinski definition) is 1. The minimum Gasteiger partial charge on any atom is -0.456 e. The molecule has 0 fully saturated rings. The van der Waals surface area contributed by atoms with Crippen LogP contribution in [0.25, 0.3) is 32.7 Å². The number of fused-ring (bicyclic) bond motifs is 5. The van der Waals surface area contributed by atoms with Crippen LogP contribution in [0, 0.1) is 0 Å². The molecule has 4 aromatic rings. The summed E-state index contributed by atoms with van der Waals surface area (Å²) in [5, 5.41) is 4.52. The molecule has 82 valence electrons. The molecular formula is C16H9BO. The maximum atomic E-state index is 6.10.